The average Bonchev–Trinajstić information content (AvgIpc) is 3.07. The minimum Gasteiger partial charge on any atom is -0.351 e. The third-order valence-electron chi connectivity index (χ3n) is 3.94. The van der Waals surface area contributed by atoms with Gasteiger partial charge in [0.2, 0.25) is 10.0 Å². The third kappa shape index (κ3) is 4.21. The highest BCUT2D eigenvalue weighted by atomic mass is 35.5. The summed E-state index contributed by atoms with van der Waals surface area (Å²) in [5.41, 5.74) is 6.74. The van der Waals surface area contributed by atoms with Crippen LogP contribution in [0.1, 0.15) is 20.8 Å². The van der Waals surface area contributed by atoms with Gasteiger partial charge < -0.3 is 11.1 Å². The van der Waals surface area contributed by atoms with Crippen molar-refractivity contribution in [3.05, 3.63) is 51.7 Å². The summed E-state index contributed by atoms with van der Waals surface area (Å²) in [7, 11) is -3.63. The largest absolute Gasteiger partial charge is 0.351 e. The molecule has 0 aliphatic carbocycles. The van der Waals surface area contributed by atoms with Crippen molar-refractivity contribution in [1.29, 1.82) is 0 Å². The predicted molar refractivity (Wildman–Crippen MR) is 101 cm³/mol. The van der Waals surface area contributed by atoms with E-state index in [1.54, 1.807) is 23.5 Å². The van der Waals surface area contributed by atoms with E-state index >= 15 is 0 Å². The Morgan fingerprint density at radius 2 is 2.12 bits per heavy atom. The Labute approximate surface area is 157 Å². The summed E-state index contributed by atoms with van der Waals surface area (Å²) >= 11 is 1.66. The zero-order valence-electron chi connectivity index (χ0n) is 13.5. The molecule has 0 radical (unpaired) electrons. The van der Waals surface area contributed by atoms with E-state index in [1.165, 1.54) is 21.3 Å². The van der Waals surface area contributed by atoms with Crippen LogP contribution in [0.5, 0.6) is 0 Å². The quantitative estimate of drug-likeness (QED) is 0.795. The Kier molecular flexibility index (Phi) is 6.59. The fraction of sp³-hybridized carbons (Fsp3) is 0.312. The number of sulfonamides is 1. The van der Waals surface area contributed by atoms with Gasteiger partial charge in [-0.25, -0.2) is 8.42 Å². The van der Waals surface area contributed by atoms with Gasteiger partial charge in [-0.2, -0.15) is 4.31 Å². The number of fused-ring (bicyclic) bond motifs is 1. The number of nitrogens with two attached hydrogens (primary N) is 1. The standard InChI is InChI=1S/C16H19N3O3S2.ClH/c17-6-7-18-16(20)12-2-1-3-14(10-12)24(21,22)19-8-4-15-13(11-19)5-9-23-15;/h1-3,5,9-10H,4,6-8,11,17H2,(H,18,20);1H. The van der Waals surface area contributed by atoms with Crippen molar-refractivity contribution in [3.63, 3.8) is 0 Å². The normalized spacial score (nSPS) is 14.4. The van der Waals surface area contributed by atoms with Crippen molar-refractivity contribution in [1.82, 2.24) is 9.62 Å². The number of hydrogen-bond donors (Lipinski definition) is 2. The number of hydrogen-bond acceptors (Lipinski definition) is 5. The second-order valence-electron chi connectivity index (χ2n) is 5.53. The predicted octanol–water partition coefficient (Wildman–Crippen LogP) is 1.61. The van der Waals surface area contributed by atoms with E-state index < -0.39 is 10.0 Å². The molecule has 1 aliphatic heterocycles. The fourth-order valence-corrected chi connectivity index (χ4v) is 5.02. The SMILES string of the molecule is Cl.NCCNC(=O)c1cccc(S(=O)(=O)N2CCc3sccc3C2)c1. The van der Waals surface area contributed by atoms with Crippen LogP contribution in [0.3, 0.4) is 0 Å². The molecule has 1 aromatic heterocycles. The number of thiophene rings is 1. The lowest BCUT2D eigenvalue weighted by Gasteiger charge is -2.26. The summed E-state index contributed by atoms with van der Waals surface area (Å²) in [4.78, 5) is 13.4. The maximum atomic E-state index is 12.9. The zero-order chi connectivity index (χ0) is 17.2. The van der Waals surface area contributed by atoms with Crippen LogP contribution in [0, 0.1) is 0 Å². The third-order valence-corrected chi connectivity index (χ3v) is 6.80. The highest BCUT2D eigenvalue weighted by Gasteiger charge is 2.29. The Balaban J connectivity index is 0.00000225. The zero-order valence-corrected chi connectivity index (χ0v) is 15.9. The van der Waals surface area contributed by atoms with Gasteiger partial charge in [0.1, 0.15) is 0 Å². The summed E-state index contributed by atoms with van der Waals surface area (Å²) in [6.45, 7) is 1.52. The lowest BCUT2D eigenvalue weighted by Crippen LogP contribution is -2.35. The van der Waals surface area contributed by atoms with Crippen molar-refractivity contribution < 1.29 is 13.2 Å². The molecule has 3 rings (SSSR count). The molecule has 0 saturated carbocycles. The Bertz CT molecular complexity index is 852. The molecule has 25 heavy (non-hydrogen) atoms. The molecular weight excluding hydrogens is 382 g/mol. The molecule has 3 N–H and O–H groups in total. The molecule has 0 unspecified atom stereocenters. The lowest BCUT2D eigenvalue weighted by atomic mass is 10.1. The maximum Gasteiger partial charge on any atom is 0.251 e. The van der Waals surface area contributed by atoms with Crippen LogP contribution < -0.4 is 11.1 Å². The number of carbonyl (C=O) groups is 1. The van der Waals surface area contributed by atoms with E-state index in [1.807, 2.05) is 11.4 Å². The van der Waals surface area contributed by atoms with E-state index in [9.17, 15) is 13.2 Å². The van der Waals surface area contributed by atoms with Gasteiger partial charge in [0, 0.05) is 36.6 Å². The van der Waals surface area contributed by atoms with E-state index in [0.717, 1.165) is 12.0 Å². The fourth-order valence-electron chi connectivity index (χ4n) is 2.66. The summed E-state index contributed by atoms with van der Waals surface area (Å²) in [6, 6.07) is 8.10. The molecule has 0 spiro atoms. The smallest absolute Gasteiger partial charge is 0.251 e. The molecule has 6 nitrogen and oxygen atoms in total. The highest BCUT2D eigenvalue weighted by molar-refractivity contribution is 7.89. The van der Waals surface area contributed by atoms with Gasteiger partial charge >= 0.3 is 0 Å². The minimum atomic E-state index is -3.63. The molecule has 2 heterocycles. The molecule has 0 bridgehead atoms. The molecule has 0 fully saturated rings. The summed E-state index contributed by atoms with van der Waals surface area (Å²) in [5.74, 6) is -0.323. The van der Waals surface area contributed by atoms with Crippen LogP contribution in [0.25, 0.3) is 0 Å². The molecular formula is C16H20ClN3O3S2. The van der Waals surface area contributed by atoms with E-state index in [4.69, 9.17) is 5.73 Å². The van der Waals surface area contributed by atoms with Crippen LogP contribution in [0.4, 0.5) is 0 Å². The first-order chi connectivity index (χ1) is 11.5. The molecule has 2 aromatic rings. The van der Waals surface area contributed by atoms with Crippen molar-refractivity contribution in [2.75, 3.05) is 19.6 Å². The number of halogens is 1. The van der Waals surface area contributed by atoms with Crippen molar-refractivity contribution in [2.45, 2.75) is 17.9 Å². The molecule has 1 aliphatic rings. The molecule has 1 aromatic carbocycles. The number of rotatable bonds is 5. The van der Waals surface area contributed by atoms with Crippen LogP contribution >= 0.6 is 23.7 Å². The molecule has 136 valence electrons. The van der Waals surface area contributed by atoms with Crippen molar-refractivity contribution in [3.8, 4) is 0 Å². The number of nitrogens with zero attached hydrogens (tertiary/aromatic N) is 1. The number of amides is 1. The summed E-state index contributed by atoms with van der Waals surface area (Å²) in [5, 5.41) is 4.63. The highest BCUT2D eigenvalue weighted by Crippen LogP contribution is 2.28. The Morgan fingerprint density at radius 3 is 2.88 bits per heavy atom. The maximum absolute atomic E-state index is 12.9. The molecule has 0 saturated heterocycles. The van der Waals surface area contributed by atoms with Gasteiger partial charge in [0.15, 0.2) is 0 Å². The Hall–Kier alpha value is -1.45. The molecule has 0 atom stereocenters. The van der Waals surface area contributed by atoms with E-state index in [2.05, 4.69) is 5.32 Å². The van der Waals surface area contributed by atoms with Crippen molar-refractivity contribution >= 4 is 39.7 Å². The van der Waals surface area contributed by atoms with Crippen LogP contribution in [0.15, 0.2) is 40.6 Å². The molecule has 9 heteroatoms. The second kappa shape index (κ2) is 8.29. The van der Waals surface area contributed by atoms with Gasteiger partial charge in [0.05, 0.1) is 4.90 Å². The van der Waals surface area contributed by atoms with E-state index in [-0.39, 0.29) is 23.2 Å². The summed E-state index contributed by atoms with van der Waals surface area (Å²) < 4.78 is 27.2. The molecule has 1 amide bonds. The van der Waals surface area contributed by atoms with Crippen molar-refractivity contribution in [2.24, 2.45) is 5.73 Å². The first-order valence-electron chi connectivity index (χ1n) is 7.66. The van der Waals surface area contributed by atoms with Crippen LogP contribution in [-0.2, 0) is 23.0 Å². The van der Waals surface area contributed by atoms with Gasteiger partial charge in [-0.1, -0.05) is 6.07 Å². The average molecular weight is 402 g/mol. The number of carbonyl (C=O) groups excluding carboxylic acids is 1. The van der Waals surface area contributed by atoms with Gasteiger partial charge in [0.25, 0.3) is 5.91 Å². The van der Waals surface area contributed by atoms with Gasteiger partial charge in [-0.15, -0.1) is 23.7 Å². The van der Waals surface area contributed by atoms with Gasteiger partial charge in [-0.05, 0) is 41.6 Å². The second-order valence-corrected chi connectivity index (χ2v) is 8.47. The van der Waals surface area contributed by atoms with E-state index in [0.29, 0.717) is 31.7 Å². The summed E-state index contributed by atoms with van der Waals surface area (Å²) in [6.07, 6.45) is 0.725. The first-order valence-corrected chi connectivity index (χ1v) is 9.98. The monoisotopic (exact) mass is 401 g/mol. The number of nitrogens with one attached hydrogen (secondary N) is 1. The van der Waals surface area contributed by atoms with Gasteiger partial charge in [-0.3, -0.25) is 4.79 Å². The van der Waals surface area contributed by atoms with Crippen LogP contribution in [0.2, 0.25) is 0 Å². The topological polar surface area (TPSA) is 92.5 Å². The lowest BCUT2D eigenvalue weighted by molar-refractivity contribution is 0.0954. The Morgan fingerprint density at radius 1 is 1.32 bits per heavy atom. The number of benzene rings is 1. The first kappa shape index (κ1) is 19.9. The minimum absolute atomic E-state index is 0. The van der Waals surface area contributed by atoms with Crippen LogP contribution in [-0.4, -0.2) is 38.3 Å².